The Kier molecular flexibility index (Phi) is 26.5. The first-order chi connectivity index (χ1) is 47.6. The molecule has 0 saturated carbocycles. The van der Waals surface area contributed by atoms with E-state index >= 15 is 0 Å². The molecule has 0 aliphatic heterocycles. The van der Waals surface area contributed by atoms with Crippen LogP contribution in [-0.4, -0.2) is 98.0 Å². The standard InChI is InChI=1S/C20H20P.C14H14P.C11H3F6N7.C11H8F3N7.C11H9N7.2Pt/c1-2-21(18-12-6-3-7-13-18,19-14-8-4-9-15-19)20-16-10-5-11-17-20;1-2-15(13-9-5-3-6-10-13)14-11-7-4-8-12-14;12-10(13,14)8-19-6(21-23-8)4-2-1-3-5(18-4)7-20-9(24-22-7)11(15,16)17;1-5-15-8(19-18-5)6-3-2-4-7(16-6)9-17-10(21-20-9)11(12,13)14;1-6-12-10(17-15-6)8-4-3-5-9(14-8)11-13-7(2)16-18-11;;/h3-17H,2H2,1H3;3-12H,1-2H2;1-3H;2-4H,1H3,(H,15,18,19)(H,17,20,21);3-5H,1-2H3;;/q+1;-1;-2;;-2;;+2/p+1. The Hall–Kier alpha value is -10.0. The van der Waals surface area contributed by atoms with E-state index in [2.05, 4.69) is 266 Å². The van der Waals surface area contributed by atoms with Gasteiger partial charge in [-0.15, -0.1) is 0 Å². The van der Waals surface area contributed by atoms with Gasteiger partial charge in [-0.1, -0.05) is 115 Å². The molecule has 14 rings (SSSR count). The van der Waals surface area contributed by atoms with E-state index in [1.54, 1.807) is 32.9 Å². The number of rotatable bonds is 13. The number of pyridine rings is 3. The summed E-state index contributed by atoms with van der Waals surface area (Å²) in [6, 6.07) is 68.5. The molecule has 0 saturated heterocycles. The van der Waals surface area contributed by atoms with Gasteiger partial charge in [0.15, 0.2) is 11.6 Å². The van der Waals surface area contributed by atoms with E-state index < -0.39 is 62.8 Å². The van der Waals surface area contributed by atoms with E-state index in [9.17, 15) is 39.5 Å². The predicted molar refractivity (Wildman–Crippen MR) is 356 cm³/mol. The Labute approximate surface area is 601 Å². The van der Waals surface area contributed by atoms with E-state index in [1.807, 2.05) is 23.3 Å². The van der Waals surface area contributed by atoms with Gasteiger partial charge in [-0.3, -0.25) is 30.6 Å². The van der Waals surface area contributed by atoms with Gasteiger partial charge >= 0.3 is 39.6 Å². The van der Waals surface area contributed by atoms with Crippen molar-refractivity contribution in [3.05, 3.63) is 248 Å². The van der Waals surface area contributed by atoms with E-state index in [0.29, 0.717) is 52.0 Å². The summed E-state index contributed by atoms with van der Waals surface area (Å²) >= 11 is 0. The molecule has 0 unspecified atom stereocenters. The van der Waals surface area contributed by atoms with Crippen LogP contribution >= 0.6 is 15.2 Å². The summed E-state index contributed by atoms with van der Waals surface area (Å²) in [7, 11) is -2.18. The Morgan fingerprint density at radius 3 is 1.01 bits per heavy atom. The third kappa shape index (κ3) is 19.9. The van der Waals surface area contributed by atoms with Crippen LogP contribution in [0.4, 0.5) is 39.5 Å². The number of hydrogen-bond acceptors (Lipinski definition) is 15. The summed E-state index contributed by atoms with van der Waals surface area (Å²) in [6.07, 6.45) is -12.0. The van der Waals surface area contributed by atoms with E-state index in [0.717, 1.165) is 12.3 Å². The Morgan fingerprint density at radius 2 is 0.713 bits per heavy atom. The van der Waals surface area contributed by atoms with E-state index in [4.69, 9.17) is 0 Å². The van der Waals surface area contributed by atoms with Crippen LogP contribution < -0.4 is 46.9 Å². The molecule has 21 nitrogen and oxygen atoms in total. The van der Waals surface area contributed by atoms with Crippen LogP contribution in [0.25, 0.3) is 69.1 Å². The van der Waals surface area contributed by atoms with Gasteiger partial charge in [0.2, 0.25) is 5.82 Å². The molecule has 34 heteroatoms. The zero-order chi connectivity index (χ0) is 70.2. The number of nitrogens with one attached hydrogen (secondary N) is 2. The minimum absolute atomic E-state index is 0. The van der Waals surface area contributed by atoms with Gasteiger partial charge in [0.05, 0.1) is 39.5 Å². The Morgan fingerprint density at radius 1 is 0.386 bits per heavy atom. The average molecular weight is 1780 g/mol. The van der Waals surface area contributed by atoms with Crippen molar-refractivity contribution in [1.29, 1.82) is 0 Å². The number of alkyl halides is 9. The number of aryl methyl sites for hydroxylation is 3. The Bertz CT molecular complexity index is 4570. The number of benzene rings is 5. The van der Waals surface area contributed by atoms with Crippen molar-refractivity contribution >= 4 is 41.7 Å². The molecule has 522 valence electrons. The molecule has 0 bridgehead atoms. The topological polar surface area (TPSA) is 281 Å². The van der Waals surface area contributed by atoms with Crippen molar-refractivity contribution in [3.8, 4) is 69.1 Å². The Balaban J connectivity index is 0.000000161. The van der Waals surface area contributed by atoms with Crippen LogP contribution in [-0.2, 0) is 60.7 Å². The average Bonchev–Trinajstić information content (AvgIpc) is 1.70. The molecule has 0 amide bonds. The minimum Gasteiger partial charge on any atom is -0.421 e. The number of H-pyrrole nitrogens is 2. The molecular weight excluding hydrogens is 1720 g/mol. The number of halogens is 9. The first-order valence-electron chi connectivity index (χ1n) is 29.8. The molecule has 0 atom stereocenters. The molecular formula is C67H55F9N21P2Pt2-. The van der Waals surface area contributed by atoms with Gasteiger partial charge in [0.1, 0.15) is 52.0 Å². The largest absolute Gasteiger partial charge is 2.00 e. The molecule has 9 aromatic heterocycles. The van der Waals surface area contributed by atoms with Crippen molar-refractivity contribution < 1.29 is 81.6 Å². The molecule has 0 fully saturated rings. The summed E-state index contributed by atoms with van der Waals surface area (Å²) in [5.74, 6) is -1.86. The zero-order valence-electron chi connectivity index (χ0n) is 53.2. The summed E-state index contributed by atoms with van der Waals surface area (Å²) in [4.78, 5) is 34.6. The molecule has 0 spiro atoms. The molecule has 0 radical (unpaired) electrons. The van der Waals surface area contributed by atoms with Crippen LogP contribution in [0.1, 0.15) is 41.9 Å². The zero-order valence-corrected chi connectivity index (χ0v) is 59.7. The number of aromatic nitrogens is 21. The van der Waals surface area contributed by atoms with Gasteiger partial charge in [0, 0.05) is 40.6 Å². The fraction of sp³-hybridized carbons (Fsp3) is 0.134. The maximum atomic E-state index is 12.5. The molecule has 5 aromatic carbocycles. The second kappa shape index (κ2) is 34.9. The third-order valence-corrected chi connectivity index (χ3v) is 21.1. The van der Waals surface area contributed by atoms with Crippen molar-refractivity contribution in [2.45, 2.75) is 46.2 Å². The van der Waals surface area contributed by atoms with Crippen molar-refractivity contribution in [1.82, 2.24) is 106 Å². The van der Waals surface area contributed by atoms with Crippen LogP contribution in [0, 0.1) is 27.7 Å². The van der Waals surface area contributed by atoms with Crippen LogP contribution in [0.5, 0.6) is 0 Å². The first kappa shape index (κ1) is 76.7. The second-order valence-corrected chi connectivity index (χ2v) is 27.3. The van der Waals surface area contributed by atoms with E-state index in [-0.39, 0.29) is 65.0 Å². The van der Waals surface area contributed by atoms with Gasteiger partial charge in [-0.25, -0.2) is 24.9 Å². The second-order valence-electron chi connectivity index (χ2n) is 20.8. The quantitative estimate of drug-likeness (QED) is 0.0616. The fourth-order valence-electron chi connectivity index (χ4n) is 9.58. The van der Waals surface area contributed by atoms with Gasteiger partial charge in [0.25, 0.3) is 0 Å². The number of hydrogen-bond donors (Lipinski definition) is 2. The third-order valence-electron chi connectivity index (χ3n) is 14.1. The normalized spacial score (nSPS) is 11.3. The molecule has 14 aromatic rings. The maximum Gasteiger partial charge on any atom is 2.00 e. The summed E-state index contributed by atoms with van der Waals surface area (Å²) in [6.45, 7) is 11.7. The predicted octanol–water partition coefficient (Wildman–Crippen LogP) is 11.1. The van der Waals surface area contributed by atoms with Crippen LogP contribution in [0.3, 0.4) is 0 Å². The monoisotopic (exact) mass is 1780 g/mol. The fourth-order valence-corrected chi connectivity index (χ4v) is 15.7. The van der Waals surface area contributed by atoms with Crippen molar-refractivity contribution in [2.75, 3.05) is 12.3 Å². The van der Waals surface area contributed by atoms with Gasteiger partial charge < -0.3 is 47.3 Å². The summed E-state index contributed by atoms with van der Waals surface area (Å²) in [5, 5.41) is 47.1. The molecule has 101 heavy (non-hydrogen) atoms. The van der Waals surface area contributed by atoms with Gasteiger partial charge in [-0.05, 0) is 148 Å². The molecule has 0 aliphatic carbocycles. The molecule has 0 aliphatic rings. The number of aromatic amines is 2. The summed E-state index contributed by atoms with van der Waals surface area (Å²) < 4.78 is 112. The smallest absolute Gasteiger partial charge is 0.421 e. The van der Waals surface area contributed by atoms with Crippen LogP contribution in [0.15, 0.2) is 206 Å². The van der Waals surface area contributed by atoms with Crippen molar-refractivity contribution in [2.24, 2.45) is 0 Å². The summed E-state index contributed by atoms with van der Waals surface area (Å²) in [5.41, 5.74) is 1.64. The van der Waals surface area contributed by atoms with Crippen LogP contribution in [0.2, 0.25) is 0 Å². The minimum atomic E-state index is -4.77. The maximum absolute atomic E-state index is 12.5. The molecule has 9 heterocycles. The first-order valence-corrected chi connectivity index (χ1v) is 33.5. The van der Waals surface area contributed by atoms with Gasteiger partial charge in [-0.2, -0.15) is 49.7 Å². The van der Waals surface area contributed by atoms with E-state index in [1.165, 1.54) is 50.8 Å². The number of nitrogens with zero attached hydrogens (tertiary/aromatic N) is 19. The molecule has 2 N–H and O–H groups in total. The SMILES string of the molecule is CC[P+](c1ccccc1)(c1ccccc1)c1ccccc1.Cc1n[n-]c(-c2cccc(-c3nc(C)n[n-]3)n2)n1.Cc1nc(-c2cccc(-c3n[nH]c(C(F)(F)F)n3)n2)n[nH]1.FC(F)(F)c1n[n-]c(-c2cccc(-c3nc(C(F)(F)F)n[n-]3)n2)n1.[CH2-]C[PH+](c1ccccc1)c1ccccc1.[Pt+2].[Pt]. The van der Waals surface area contributed by atoms with Crippen molar-refractivity contribution in [3.63, 3.8) is 0 Å².